The molecule has 0 aliphatic rings. The van der Waals surface area contributed by atoms with E-state index >= 15 is 0 Å². The highest BCUT2D eigenvalue weighted by atomic mass is 16.2. The molecule has 0 aliphatic carbocycles. The summed E-state index contributed by atoms with van der Waals surface area (Å²) >= 11 is 0. The van der Waals surface area contributed by atoms with Gasteiger partial charge in [-0.15, -0.1) is 10.2 Å². The third kappa shape index (κ3) is 1.86. The van der Waals surface area contributed by atoms with Crippen LogP contribution in [-0.4, -0.2) is 35.9 Å². The van der Waals surface area contributed by atoms with Gasteiger partial charge in [-0.1, -0.05) is 34.7 Å². The quantitative estimate of drug-likeness (QED) is 0.555. The van der Waals surface area contributed by atoms with Crippen LogP contribution in [0.15, 0.2) is 48.5 Å². The van der Waals surface area contributed by atoms with Crippen LogP contribution in [0.1, 0.15) is 4.79 Å². The highest BCUT2D eigenvalue weighted by molar-refractivity contribution is 5.89. The maximum atomic E-state index is 12.4. The maximum absolute atomic E-state index is 12.4. The van der Waals surface area contributed by atoms with Gasteiger partial charge in [-0.25, -0.2) is 4.68 Å². The Morgan fingerprint density at radius 1 is 0.857 bits per heavy atom. The summed E-state index contributed by atoms with van der Waals surface area (Å²) in [4.78, 5) is 12.4. The Kier molecular flexibility index (Phi) is 2.50. The molecule has 0 bridgehead atoms. The molecule has 2 aromatic heterocycles. The van der Waals surface area contributed by atoms with Crippen molar-refractivity contribution in [3.63, 3.8) is 0 Å². The summed E-state index contributed by atoms with van der Waals surface area (Å²) in [6, 6.07) is 14.8. The van der Waals surface area contributed by atoms with E-state index in [1.165, 1.54) is 4.68 Å². The van der Waals surface area contributed by atoms with Crippen molar-refractivity contribution in [1.82, 2.24) is 30.0 Å². The second kappa shape index (κ2) is 4.48. The highest BCUT2D eigenvalue weighted by Crippen LogP contribution is 2.12. The lowest BCUT2D eigenvalue weighted by atomic mass is 10.3. The molecule has 0 amide bonds. The number of carbonyl (C=O) groups excluding carboxylic acids is 1. The van der Waals surface area contributed by atoms with E-state index in [0.29, 0.717) is 11.0 Å². The third-order valence-corrected chi connectivity index (χ3v) is 3.29. The lowest BCUT2D eigenvalue weighted by Crippen LogP contribution is -2.19. The van der Waals surface area contributed by atoms with Crippen molar-refractivity contribution in [2.45, 2.75) is 6.54 Å². The van der Waals surface area contributed by atoms with Crippen LogP contribution >= 0.6 is 0 Å². The molecule has 4 rings (SSSR count). The van der Waals surface area contributed by atoms with Crippen molar-refractivity contribution in [2.24, 2.45) is 0 Å². The fourth-order valence-corrected chi connectivity index (χ4v) is 2.28. The number of nitrogens with zero attached hydrogens (tertiary/aromatic N) is 6. The minimum absolute atomic E-state index is 0.0634. The molecular weight excluding hydrogens is 268 g/mol. The summed E-state index contributed by atoms with van der Waals surface area (Å²) in [7, 11) is 0. The first-order chi connectivity index (χ1) is 10.3. The average Bonchev–Trinajstić information content (AvgIpc) is 3.12. The summed E-state index contributed by atoms with van der Waals surface area (Å²) in [5.41, 5.74) is 2.95. The molecule has 2 aromatic carbocycles. The number of para-hydroxylation sites is 2. The molecule has 0 atom stereocenters. The number of rotatable bonds is 2. The zero-order chi connectivity index (χ0) is 14.2. The lowest BCUT2D eigenvalue weighted by Gasteiger charge is -2.02. The van der Waals surface area contributed by atoms with Gasteiger partial charge in [-0.3, -0.25) is 4.79 Å². The Morgan fingerprint density at radius 2 is 1.48 bits per heavy atom. The van der Waals surface area contributed by atoms with Gasteiger partial charge in [0.15, 0.2) is 0 Å². The molecule has 21 heavy (non-hydrogen) atoms. The fraction of sp³-hybridized carbons (Fsp3) is 0.0714. The second-order valence-electron chi connectivity index (χ2n) is 4.62. The van der Waals surface area contributed by atoms with E-state index in [1.54, 1.807) is 4.68 Å². The Balaban J connectivity index is 1.72. The minimum atomic E-state index is -0.209. The minimum Gasteiger partial charge on any atom is -0.270 e. The number of hydrogen-bond donors (Lipinski definition) is 0. The van der Waals surface area contributed by atoms with E-state index < -0.39 is 0 Å². The summed E-state index contributed by atoms with van der Waals surface area (Å²) in [6.07, 6.45) is 0. The van der Waals surface area contributed by atoms with E-state index in [1.807, 2.05) is 48.5 Å². The molecule has 0 aliphatic heterocycles. The average molecular weight is 278 g/mol. The topological polar surface area (TPSA) is 78.5 Å². The van der Waals surface area contributed by atoms with E-state index in [9.17, 15) is 4.79 Å². The van der Waals surface area contributed by atoms with Crippen molar-refractivity contribution in [3.05, 3.63) is 48.5 Å². The van der Waals surface area contributed by atoms with Gasteiger partial charge in [-0.2, -0.15) is 4.68 Å². The molecule has 0 saturated heterocycles. The van der Waals surface area contributed by atoms with Crippen molar-refractivity contribution in [2.75, 3.05) is 0 Å². The van der Waals surface area contributed by atoms with Gasteiger partial charge in [-0.05, 0) is 24.3 Å². The molecule has 0 unspecified atom stereocenters. The third-order valence-electron chi connectivity index (χ3n) is 3.29. The largest absolute Gasteiger partial charge is 0.270 e. The molecule has 0 fully saturated rings. The Morgan fingerprint density at radius 3 is 2.29 bits per heavy atom. The zero-order valence-electron chi connectivity index (χ0n) is 10.9. The van der Waals surface area contributed by atoms with Gasteiger partial charge in [0.1, 0.15) is 17.6 Å². The normalized spacial score (nSPS) is 11.2. The van der Waals surface area contributed by atoms with Crippen LogP contribution in [0, 0.1) is 0 Å². The number of fused-ring (bicyclic) bond motifs is 2. The van der Waals surface area contributed by atoms with Crippen LogP contribution in [0.25, 0.3) is 22.1 Å². The first-order valence-corrected chi connectivity index (χ1v) is 6.45. The molecule has 7 nitrogen and oxygen atoms in total. The predicted molar refractivity (Wildman–Crippen MR) is 75.7 cm³/mol. The van der Waals surface area contributed by atoms with Crippen LogP contribution < -0.4 is 0 Å². The van der Waals surface area contributed by atoms with E-state index in [4.69, 9.17) is 0 Å². The molecule has 7 heteroatoms. The molecule has 0 saturated carbocycles. The molecule has 0 N–H and O–H groups in total. The first-order valence-electron chi connectivity index (χ1n) is 6.45. The highest BCUT2D eigenvalue weighted by Gasteiger charge is 2.14. The van der Waals surface area contributed by atoms with Crippen molar-refractivity contribution in [1.29, 1.82) is 0 Å². The van der Waals surface area contributed by atoms with Crippen LogP contribution in [0.5, 0.6) is 0 Å². The maximum Gasteiger partial charge on any atom is 0.270 e. The van der Waals surface area contributed by atoms with Crippen molar-refractivity contribution >= 4 is 28.0 Å². The molecular formula is C14H10N6O. The van der Waals surface area contributed by atoms with E-state index in [2.05, 4.69) is 20.6 Å². The van der Waals surface area contributed by atoms with Crippen LogP contribution in [0.3, 0.4) is 0 Å². The monoisotopic (exact) mass is 278 g/mol. The van der Waals surface area contributed by atoms with Crippen LogP contribution in [-0.2, 0) is 6.54 Å². The fourth-order valence-electron chi connectivity index (χ4n) is 2.28. The summed E-state index contributed by atoms with van der Waals surface area (Å²) in [6.45, 7) is 0.0634. The predicted octanol–water partition coefficient (Wildman–Crippen LogP) is 1.52. The van der Waals surface area contributed by atoms with Gasteiger partial charge in [0.05, 0.1) is 11.0 Å². The Labute approximate surface area is 118 Å². The summed E-state index contributed by atoms with van der Waals surface area (Å²) in [5.74, 6) is -0.209. The summed E-state index contributed by atoms with van der Waals surface area (Å²) in [5, 5.41) is 15.9. The van der Waals surface area contributed by atoms with Gasteiger partial charge < -0.3 is 0 Å². The van der Waals surface area contributed by atoms with Gasteiger partial charge in [0.2, 0.25) is 0 Å². The van der Waals surface area contributed by atoms with Crippen LogP contribution in [0.4, 0.5) is 0 Å². The smallest absolute Gasteiger partial charge is 0.270 e. The van der Waals surface area contributed by atoms with Gasteiger partial charge >= 0.3 is 0 Å². The molecule has 2 heterocycles. The van der Waals surface area contributed by atoms with Crippen molar-refractivity contribution < 1.29 is 4.79 Å². The standard InChI is InChI=1S/C14H10N6O/c21-14(20-13-8-4-2-6-11(13)16-18-20)9-19-12-7-3-1-5-10(12)15-17-19/h1-8H,9H2. The molecule has 102 valence electrons. The number of aromatic nitrogens is 6. The number of benzene rings is 2. The van der Waals surface area contributed by atoms with Gasteiger partial charge in [0.25, 0.3) is 5.91 Å². The Bertz CT molecular complexity index is 954. The van der Waals surface area contributed by atoms with E-state index in [-0.39, 0.29) is 12.5 Å². The SMILES string of the molecule is O=C(Cn1nnc2ccccc21)n1nnc2ccccc21. The first kappa shape index (κ1) is 11.7. The molecule has 0 spiro atoms. The molecule has 0 radical (unpaired) electrons. The van der Waals surface area contributed by atoms with Crippen LogP contribution in [0.2, 0.25) is 0 Å². The number of hydrogen-bond acceptors (Lipinski definition) is 5. The molecule has 4 aromatic rings. The summed E-state index contributed by atoms with van der Waals surface area (Å²) < 4.78 is 2.86. The van der Waals surface area contributed by atoms with Crippen molar-refractivity contribution in [3.8, 4) is 0 Å². The zero-order valence-corrected chi connectivity index (χ0v) is 10.9. The Hall–Kier alpha value is -3.09. The van der Waals surface area contributed by atoms with Gasteiger partial charge in [0, 0.05) is 0 Å². The van der Waals surface area contributed by atoms with E-state index in [0.717, 1.165) is 11.0 Å². The lowest BCUT2D eigenvalue weighted by molar-refractivity contribution is 0.0874. The number of carbonyl (C=O) groups is 1. The second-order valence-corrected chi connectivity index (χ2v) is 4.62.